The Morgan fingerprint density at radius 2 is 2.23 bits per heavy atom. The second-order valence-electron chi connectivity index (χ2n) is 6.39. The summed E-state index contributed by atoms with van der Waals surface area (Å²) in [4.78, 5) is 20.2. The molecular formula is C19H20FN3O2S. The van der Waals surface area contributed by atoms with E-state index in [2.05, 4.69) is 4.98 Å². The normalized spacial score (nSPS) is 17.1. The number of carbonyl (C=O) groups is 1. The fraction of sp³-hybridized carbons (Fsp3) is 0.368. The number of ether oxygens (including phenoxy) is 1. The van der Waals surface area contributed by atoms with Crippen LogP contribution in [-0.2, 0) is 4.74 Å². The summed E-state index contributed by atoms with van der Waals surface area (Å²) in [6, 6.07) is 6.21. The molecule has 3 heterocycles. The van der Waals surface area contributed by atoms with Crippen molar-refractivity contribution < 1.29 is 13.9 Å². The predicted molar refractivity (Wildman–Crippen MR) is 99.0 cm³/mol. The summed E-state index contributed by atoms with van der Waals surface area (Å²) in [6.45, 7) is 4.01. The van der Waals surface area contributed by atoms with E-state index in [1.807, 2.05) is 27.8 Å². The van der Waals surface area contributed by atoms with Gasteiger partial charge < -0.3 is 9.64 Å². The minimum Gasteiger partial charge on any atom is -0.376 e. The summed E-state index contributed by atoms with van der Waals surface area (Å²) in [7, 11) is 0. The zero-order valence-corrected chi connectivity index (χ0v) is 15.3. The van der Waals surface area contributed by atoms with E-state index in [9.17, 15) is 9.18 Å². The first-order valence-electron chi connectivity index (χ1n) is 8.79. The minimum absolute atomic E-state index is 0.0164. The van der Waals surface area contributed by atoms with Gasteiger partial charge in [0.15, 0.2) is 4.96 Å². The summed E-state index contributed by atoms with van der Waals surface area (Å²) in [6.07, 6.45) is 4.03. The lowest BCUT2D eigenvalue weighted by molar-refractivity contribution is 0.0534. The van der Waals surface area contributed by atoms with Crippen LogP contribution in [0.25, 0.3) is 16.2 Å². The van der Waals surface area contributed by atoms with Crippen LogP contribution in [-0.4, -0.2) is 46.0 Å². The summed E-state index contributed by atoms with van der Waals surface area (Å²) in [5, 5.41) is 1.84. The lowest BCUT2D eigenvalue weighted by Crippen LogP contribution is -2.37. The van der Waals surface area contributed by atoms with Crippen LogP contribution in [0, 0.1) is 5.82 Å². The lowest BCUT2D eigenvalue weighted by atomic mass is 10.2. The number of likely N-dealkylation sites (N-methyl/N-ethyl adjacent to an activating group) is 1. The molecule has 2 aromatic heterocycles. The maximum Gasteiger partial charge on any atom is 0.271 e. The van der Waals surface area contributed by atoms with E-state index in [4.69, 9.17) is 4.74 Å². The fourth-order valence-electron chi connectivity index (χ4n) is 3.25. The Morgan fingerprint density at radius 3 is 2.92 bits per heavy atom. The molecule has 1 amide bonds. The van der Waals surface area contributed by atoms with Crippen molar-refractivity contribution in [3.05, 3.63) is 47.4 Å². The molecule has 3 aromatic rings. The molecule has 1 aliphatic rings. The standard InChI is InChI=1S/C19H20FN3O2S/c1-2-22(10-15-4-3-9-25-15)18(24)17-12-26-19-21-16(11-23(17)19)13-5-7-14(20)8-6-13/h5-8,11-12,15H,2-4,9-10H2,1H3/t15-/m1/s1. The minimum atomic E-state index is -0.279. The topological polar surface area (TPSA) is 46.8 Å². The third kappa shape index (κ3) is 3.24. The largest absolute Gasteiger partial charge is 0.376 e. The number of aromatic nitrogens is 2. The number of hydrogen-bond donors (Lipinski definition) is 0. The highest BCUT2D eigenvalue weighted by atomic mass is 32.1. The number of thiazole rings is 1. The van der Waals surface area contributed by atoms with Gasteiger partial charge in [-0.15, -0.1) is 11.3 Å². The number of rotatable bonds is 5. The highest BCUT2D eigenvalue weighted by molar-refractivity contribution is 7.15. The van der Waals surface area contributed by atoms with Crippen LogP contribution in [0.1, 0.15) is 30.3 Å². The Balaban J connectivity index is 1.61. The number of halogens is 1. The first-order valence-corrected chi connectivity index (χ1v) is 9.67. The van der Waals surface area contributed by atoms with Crippen molar-refractivity contribution in [2.75, 3.05) is 19.7 Å². The van der Waals surface area contributed by atoms with E-state index >= 15 is 0 Å². The highest BCUT2D eigenvalue weighted by Crippen LogP contribution is 2.25. The number of carbonyl (C=O) groups excluding carboxylic acids is 1. The molecule has 1 aromatic carbocycles. The van der Waals surface area contributed by atoms with Crippen molar-refractivity contribution in [3.63, 3.8) is 0 Å². The second-order valence-corrected chi connectivity index (χ2v) is 7.22. The van der Waals surface area contributed by atoms with Gasteiger partial charge in [0.1, 0.15) is 11.5 Å². The number of benzene rings is 1. The van der Waals surface area contributed by atoms with Crippen LogP contribution in [0.4, 0.5) is 4.39 Å². The van der Waals surface area contributed by atoms with Crippen LogP contribution in [0.2, 0.25) is 0 Å². The number of hydrogen-bond acceptors (Lipinski definition) is 4. The molecule has 0 bridgehead atoms. The molecule has 0 spiro atoms. The van der Waals surface area contributed by atoms with E-state index in [1.165, 1.54) is 23.5 Å². The first-order chi connectivity index (χ1) is 12.7. The zero-order valence-electron chi connectivity index (χ0n) is 14.5. The highest BCUT2D eigenvalue weighted by Gasteiger charge is 2.24. The van der Waals surface area contributed by atoms with E-state index < -0.39 is 0 Å². The summed E-state index contributed by atoms with van der Waals surface area (Å²) >= 11 is 1.43. The Labute approximate surface area is 155 Å². The number of imidazole rings is 1. The van der Waals surface area contributed by atoms with Gasteiger partial charge in [-0.05, 0) is 44.0 Å². The molecular weight excluding hydrogens is 353 g/mol. The van der Waals surface area contributed by atoms with Crippen molar-refractivity contribution in [2.24, 2.45) is 0 Å². The van der Waals surface area contributed by atoms with Gasteiger partial charge in [0, 0.05) is 36.8 Å². The molecule has 0 radical (unpaired) electrons. The van der Waals surface area contributed by atoms with Crippen molar-refractivity contribution in [1.82, 2.24) is 14.3 Å². The average Bonchev–Trinajstić information content (AvgIpc) is 3.36. The summed E-state index contributed by atoms with van der Waals surface area (Å²) < 4.78 is 20.6. The monoisotopic (exact) mass is 373 g/mol. The summed E-state index contributed by atoms with van der Waals surface area (Å²) in [5.41, 5.74) is 2.16. The Hall–Kier alpha value is -2.25. The van der Waals surface area contributed by atoms with Crippen LogP contribution >= 0.6 is 11.3 Å². The molecule has 0 saturated carbocycles. The van der Waals surface area contributed by atoms with Gasteiger partial charge in [0.2, 0.25) is 0 Å². The van der Waals surface area contributed by atoms with Gasteiger partial charge in [-0.25, -0.2) is 9.37 Å². The maximum atomic E-state index is 13.1. The second kappa shape index (κ2) is 7.17. The molecule has 4 rings (SSSR count). The van der Waals surface area contributed by atoms with Crippen LogP contribution in [0.15, 0.2) is 35.8 Å². The number of amides is 1. The van der Waals surface area contributed by atoms with Crippen molar-refractivity contribution in [1.29, 1.82) is 0 Å². The average molecular weight is 373 g/mol. The van der Waals surface area contributed by atoms with Gasteiger partial charge in [0.05, 0.1) is 11.8 Å². The van der Waals surface area contributed by atoms with Crippen LogP contribution in [0.3, 0.4) is 0 Å². The smallest absolute Gasteiger partial charge is 0.271 e. The molecule has 5 nitrogen and oxygen atoms in total. The molecule has 1 saturated heterocycles. The fourth-order valence-corrected chi connectivity index (χ4v) is 4.10. The van der Waals surface area contributed by atoms with Gasteiger partial charge in [0.25, 0.3) is 5.91 Å². The van der Waals surface area contributed by atoms with Crippen LogP contribution < -0.4 is 0 Å². The third-order valence-corrected chi connectivity index (χ3v) is 5.53. The van der Waals surface area contributed by atoms with Gasteiger partial charge in [-0.1, -0.05) is 0 Å². The maximum absolute atomic E-state index is 13.1. The number of fused-ring (bicyclic) bond motifs is 1. The van der Waals surface area contributed by atoms with E-state index in [-0.39, 0.29) is 17.8 Å². The SMILES string of the molecule is CCN(C[C@H]1CCCO1)C(=O)c1csc2nc(-c3ccc(F)cc3)cn12. The van der Waals surface area contributed by atoms with Crippen molar-refractivity contribution in [2.45, 2.75) is 25.9 Å². The predicted octanol–water partition coefficient (Wildman–Crippen LogP) is 3.84. The van der Waals surface area contributed by atoms with E-state index in [0.717, 1.165) is 35.7 Å². The van der Waals surface area contributed by atoms with Gasteiger partial charge >= 0.3 is 0 Å². The van der Waals surface area contributed by atoms with E-state index in [1.54, 1.807) is 12.1 Å². The molecule has 1 atom stereocenters. The molecule has 26 heavy (non-hydrogen) atoms. The third-order valence-electron chi connectivity index (χ3n) is 4.69. The lowest BCUT2D eigenvalue weighted by Gasteiger charge is -2.23. The van der Waals surface area contributed by atoms with Crippen molar-refractivity contribution in [3.8, 4) is 11.3 Å². The van der Waals surface area contributed by atoms with E-state index in [0.29, 0.717) is 18.8 Å². The van der Waals surface area contributed by atoms with Crippen LogP contribution in [0.5, 0.6) is 0 Å². The molecule has 0 unspecified atom stereocenters. The summed E-state index contributed by atoms with van der Waals surface area (Å²) in [5.74, 6) is -0.296. The van der Waals surface area contributed by atoms with Gasteiger partial charge in [-0.3, -0.25) is 9.20 Å². The molecule has 1 fully saturated rings. The molecule has 0 aliphatic carbocycles. The molecule has 1 aliphatic heterocycles. The Kier molecular flexibility index (Phi) is 4.74. The molecule has 136 valence electrons. The Bertz CT molecular complexity index is 913. The zero-order chi connectivity index (χ0) is 18.1. The molecule has 0 N–H and O–H groups in total. The van der Waals surface area contributed by atoms with Crippen molar-refractivity contribution >= 4 is 22.2 Å². The Morgan fingerprint density at radius 1 is 1.42 bits per heavy atom. The quantitative estimate of drug-likeness (QED) is 0.683. The number of nitrogens with zero attached hydrogens (tertiary/aromatic N) is 3. The van der Waals surface area contributed by atoms with Gasteiger partial charge in [-0.2, -0.15) is 0 Å². The molecule has 7 heteroatoms. The first kappa shape index (κ1) is 17.2.